The van der Waals surface area contributed by atoms with E-state index in [0.29, 0.717) is 17.6 Å². The summed E-state index contributed by atoms with van der Waals surface area (Å²) in [6.07, 6.45) is 9.97. The number of carbonyl (C=O) groups is 1. The van der Waals surface area contributed by atoms with Crippen molar-refractivity contribution < 1.29 is 9.53 Å². The van der Waals surface area contributed by atoms with Crippen LogP contribution in [0.4, 0.5) is 5.82 Å². The first-order chi connectivity index (χ1) is 18.5. The molecular weight excluding hydrogens is 478 g/mol. The molecule has 0 radical (unpaired) electrons. The number of nitrogens with zero attached hydrogens (tertiary/aromatic N) is 6. The average molecular weight is 516 g/mol. The van der Waals surface area contributed by atoms with Gasteiger partial charge in [-0.15, -0.1) is 0 Å². The number of benzene rings is 1. The average Bonchev–Trinajstić information content (AvgIpc) is 3.44. The summed E-state index contributed by atoms with van der Waals surface area (Å²) in [7, 11) is 1.89. The molecule has 9 nitrogen and oxygen atoms in total. The summed E-state index contributed by atoms with van der Waals surface area (Å²) in [4.78, 5) is 26.7. The lowest BCUT2D eigenvalue weighted by atomic mass is 10.0. The summed E-state index contributed by atoms with van der Waals surface area (Å²) in [5.74, 6) is 3.32. The number of likely N-dealkylation sites (tertiary alicyclic amines) is 2. The Bertz CT molecular complexity index is 1270. The first-order valence-corrected chi connectivity index (χ1v) is 13.9. The Balaban J connectivity index is 1.08. The number of aromatic nitrogens is 4. The van der Waals surface area contributed by atoms with Gasteiger partial charge < -0.3 is 20.3 Å². The maximum absolute atomic E-state index is 13.1. The molecule has 0 unspecified atom stereocenters. The molecule has 3 aromatic rings. The standard InChI is InChI=1S/C29H37N7O2/c1-34-27(32-26(33-34)16-20-4-5-20)19-38-25-17-23(18-31-28(25)30)21-6-8-22(9-7-21)29(37)36-14-10-24(11-15-36)35-12-2-3-13-35/h6-9,17-18,20,24H,2-5,10-16,19H2,1H3,(H2,30,31). The Labute approximate surface area is 224 Å². The van der Waals surface area contributed by atoms with Crippen LogP contribution >= 0.6 is 0 Å². The van der Waals surface area contributed by atoms with Crippen LogP contribution in [-0.2, 0) is 20.1 Å². The van der Waals surface area contributed by atoms with Crippen molar-refractivity contribution >= 4 is 11.7 Å². The molecule has 2 saturated heterocycles. The Kier molecular flexibility index (Phi) is 7.02. The fourth-order valence-corrected chi connectivity index (χ4v) is 5.67. The van der Waals surface area contributed by atoms with E-state index in [4.69, 9.17) is 10.5 Å². The minimum atomic E-state index is 0.112. The first-order valence-electron chi connectivity index (χ1n) is 13.9. The van der Waals surface area contributed by atoms with Crippen molar-refractivity contribution in [3.8, 4) is 16.9 Å². The summed E-state index contributed by atoms with van der Waals surface area (Å²) < 4.78 is 7.79. The third kappa shape index (κ3) is 5.53. The molecule has 3 fully saturated rings. The van der Waals surface area contributed by atoms with Crippen molar-refractivity contribution in [2.24, 2.45) is 13.0 Å². The minimum Gasteiger partial charge on any atom is -0.482 e. The van der Waals surface area contributed by atoms with E-state index in [9.17, 15) is 4.79 Å². The molecule has 1 aliphatic carbocycles. The van der Waals surface area contributed by atoms with Crippen LogP contribution in [-0.4, -0.2) is 67.7 Å². The first kappa shape index (κ1) is 24.9. The van der Waals surface area contributed by atoms with Crippen molar-refractivity contribution in [3.05, 3.63) is 53.7 Å². The maximum atomic E-state index is 13.1. The minimum absolute atomic E-state index is 0.112. The van der Waals surface area contributed by atoms with Gasteiger partial charge in [0.25, 0.3) is 5.91 Å². The van der Waals surface area contributed by atoms with E-state index in [1.807, 2.05) is 42.3 Å². The topological polar surface area (TPSA) is 102 Å². The Morgan fingerprint density at radius 2 is 1.76 bits per heavy atom. The van der Waals surface area contributed by atoms with Gasteiger partial charge in [0.1, 0.15) is 6.61 Å². The largest absolute Gasteiger partial charge is 0.482 e. The number of pyridine rings is 1. The summed E-state index contributed by atoms with van der Waals surface area (Å²) >= 11 is 0. The van der Waals surface area contributed by atoms with Crippen molar-refractivity contribution in [2.45, 2.75) is 57.6 Å². The smallest absolute Gasteiger partial charge is 0.253 e. The van der Waals surface area contributed by atoms with Crippen molar-refractivity contribution in [3.63, 3.8) is 0 Å². The Morgan fingerprint density at radius 1 is 1.03 bits per heavy atom. The van der Waals surface area contributed by atoms with Crippen LogP contribution in [0.3, 0.4) is 0 Å². The van der Waals surface area contributed by atoms with Gasteiger partial charge in [-0.2, -0.15) is 5.10 Å². The Morgan fingerprint density at radius 3 is 2.47 bits per heavy atom. The van der Waals surface area contributed by atoms with E-state index >= 15 is 0 Å². The lowest BCUT2D eigenvalue weighted by Gasteiger charge is -2.36. The number of aryl methyl sites for hydroxylation is 1. The second kappa shape index (κ2) is 10.7. The number of rotatable bonds is 8. The van der Waals surface area contributed by atoms with Gasteiger partial charge >= 0.3 is 0 Å². The van der Waals surface area contributed by atoms with Gasteiger partial charge in [0, 0.05) is 49.9 Å². The zero-order chi connectivity index (χ0) is 26.1. The van der Waals surface area contributed by atoms with Crippen LogP contribution in [0.1, 0.15) is 60.5 Å². The van der Waals surface area contributed by atoms with E-state index in [0.717, 1.165) is 66.6 Å². The molecule has 1 saturated carbocycles. The molecule has 9 heteroatoms. The highest BCUT2D eigenvalue weighted by Crippen LogP contribution is 2.32. The second-order valence-corrected chi connectivity index (χ2v) is 11.0. The van der Waals surface area contributed by atoms with E-state index < -0.39 is 0 Å². The van der Waals surface area contributed by atoms with Crippen LogP contribution < -0.4 is 10.5 Å². The highest BCUT2D eigenvalue weighted by molar-refractivity contribution is 5.94. The maximum Gasteiger partial charge on any atom is 0.253 e. The molecular formula is C29H37N7O2. The lowest BCUT2D eigenvalue weighted by Crippen LogP contribution is -2.45. The van der Waals surface area contributed by atoms with E-state index in [1.165, 1.54) is 38.8 Å². The molecule has 200 valence electrons. The van der Waals surface area contributed by atoms with Crippen LogP contribution in [0.25, 0.3) is 11.1 Å². The van der Waals surface area contributed by atoms with Gasteiger partial charge in [0.05, 0.1) is 0 Å². The van der Waals surface area contributed by atoms with Gasteiger partial charge in [-0.3, -0.25) is 4.79 Å². The molecule has 2 aliphatic heterocycles. The van der Waals surface area contributed by atoms with Crippen LogP contribution in [0, 0.1) is 5.92 Å². The molecule has 0 bridgehead atoms. The highest BCUT2D eigenvalue weighted by atomic mass is 16.5. The van der Waals surface area contributed by atoms with Crippen LogP contribution in [0.15, 0.2) is 36.5 Å². The molecule has 0 spiro atoms. The molecule has 6 rings (SSSR count). The predicted molar refractivity (Wildman–Crippen MR) is 146 cm³/mol. The monoisotopic (exact) mass is 515 g/mol. The number of carbonyl (C=O) groups excluding carboxylic acids is 1. The number of nitrogen functional groups attached to an aromatic ring is 1. The summed E-state index contributed by atoms with van der Waals surface area (Å²) in [5, 5.41) is 4.51. The zero-order valence-electron chi connectivity index (χ0n) is 22.2. The SMILES string of the molecule is Cn1nc(CC2CC2)nc1COc1cc(-c2ccc(C(=O)N3CCC(N4CCCC4)CC3)cc2)cnc1N. The summed E-state index contributed by atoms with van der Waals surface area (Å²) in [6, 6.07) is 10.3. The summed E-state index contributed by atoms with van der Waals surface area (Å²) in [5.41, 5.74) is 8.67. The van der Waals surface area contributed by atoms with E-state index in [1.54, 1.807) is 10.9 Å². The van der Waals surface area contributed by atoms with E-state index in [-0.39, 0.29) is 12.5 Å². The number of hydrogen-bond acceptors (Lipinski definition) is 7. The van der Waals surface area contributed by atoms with Crippen molar-refractivity contribution in [1.29, 1.82) is 0 Å². The second-order valence-electron chi connectivity index (χ2n) is 11.0. The van der Waals surface area contributed by atoms with Gasteiger partial charge in [-0.1, -0.05) is 12.1 Å². The normalized spacial score (nSPS) is 18.7. The van der Waals surface area contributed by atoms with Gasteiger partial charge in [-0.05, 0) is 81.3 Å². The number of amides is 1. The zero-order valence-corrected chi connectivity index (χ0v) is 22.2. The van der Waals surface area contributed by atoms with Crippen molar-refractivity contribution in [2.75, 3.05) is 31.9 Å². The van der Waals surface area contributed by atoms with Crippen molar-refractivity contribution in [1.82, 2.24) is 29.5 Å². The fourth-order valence-electron chi connectivity index (χ4n) is 5.67. The predicted octanol–water partition coefficient (Wildman–Crippen LogP) is 3.69. The number of hydrogen-bond donors (Lipinski definition) is 1. The van der Waals surface area contributed by atoms with Crippen LogP contribution in [0.2, 0.25) is 0 Å². The number of nitrogens with two attached hydrogens (primary N) is 1. The number of anilines is 1. The summed E-state index contributed by atoms with van der Waals surface area (Å²) in [6.45, 7) is 4.37. The quantitative estimate of drug-likeness (QED) is 0.488. The van der Waals surface area contributed by atoms with Crippen LogP contribution in [0.5, 0.6) is 5.75 Å². The Hall–Kier alpha value is -3.46. The number of piperidine rings is 1. The van der Waals surface area contributed by atoms with Gasteiger partial charge in [-0.25, -0.2) is 14.6 Å². The van der Waals surface area contributed by atoms with E-state index in [2.05, 4.69) is 20.0 Å². The molecule has 38 heavy (non-hydrogen) atoms. The van der Waals surface area contributed by atoms with Gasteiger partial charge in [0.15, 0.2) is 23.2 Å². The molecule has 0 atom stereocenters. The van der Waals surface area contributed by atoms with Gasteiger partial charge in [0.2, 0.25) is 0 Å². The molecule has 2 aromatic heterocycles. The molecule has 1 aromatic carbocycles. The third-order valence-electron chi connectivity index (χ3n) is 8.18. The fraction of sp³-hybridized carbons (Fsp3) is 0.517. The molecule has 3 aliphatic rings. The molecule has 2 N–H and O–H groups in total. The number of ether oxygens (including phenoxy) is 1. The lowest BCUT2D eigenvalue weighted by molar-refractivity contribution is 0.0644. The molecule has 1 amide bonds. The highest BCUT2D eigenvalue weighted by Gasteiger charge is 2.28. The molecule has 4 heterocycles. The third-order valence-corrected chi connectivity index (χ3v) is 8.18.